The number of hydrogen-bond donors (Lipinski definition) is 2. The molecule has 0 bridgehead atoms. The van der Waals surface area contributed by atoms with Gasteiger partial charge in [0, 0.05) is 24.7 Å². The first-order chi connectivity index (χ1) is 14.8. The molecular weight excluding hydrogens is 407 g/mol. The lowest BCUT2D eigenvalue weighted by molar-refractivity contribution is 0.425. The van der Waals surface area contributed by atoms with Crippen LogP contribution in [0.25, 0.3) is 28.0 Å². The van der Waals surface area contributed by atoms with Crippen molar-refractivity contribution in [3.63, 3.8) is 0 Å². The Kier molecular flexibility index (Phi) is 5.47. The highest BCUT2D eigenvalue weighted by Gasteiger charge is 2.21. The van der Waals surface area contributed by atoms with Gasteiger partial charge in [0.15, 0.2) is 5.65 Å². The largest absolute Gasteiger partial charge is 0.383 e. The minimum atomic E-state index is -0.794. The Morgan fingerprint density at radius 2 is 1.81 bits per heavy atom. The summed E-state index contributed by atoms with van der Waals surface area (Å²) in [6.45, 7) is 1.24. The highest BCUT2D eigenvalue weighted by atomic mass is 19.1. The quantitative estimate of drug-likeness (QED) is 0.490. The molecule has 0 fully saturated rings. The molecule has 3 N–H and O–H groups in total. The SMILES string of the molecule is CN(C)CCNc1nc(-c2ccc(F)cc2F)c2c(N)n(-c3cccc(F)c3)nc2n1. The lowest BCUT2D eigenvalue weighted by Gasteiger charge is -2.12. The van der Waals surface area contributed by atoms with Crippen LogP contribution in [-0.2, 0) is 0 Å². The molecule has 0 saturated carbocycles. The molecule has 0 aliphatic carbocycles. The molecule has 2 heterocycles. The predicted octanol–water partition coefficient (Wildman–Crippen LogP) is 3.46. The second kappa shape index (κ2) is 8.23. The zero-order chi connectivity index (χ0) is 22.1. The van der Waals surface area contributed by atoms with Crippen molar-refractivity contribution in [1.82, 2.24) is 24.6 Å². The molecule has 4 aromatic rings. The van der Waals surface area contributed by atoms with E-state index in [0.29, 0.717) is 18.8 Å². The van der Waals surface area contributed by atoms with E-state index in [9.17, 15) is 13.2 Å². The van der Waals surface area contributed by atoms with Gasteiger partial charge in [-0.05, 0) is 44.4 Å². The van der Waals surface area contributed by atoms with Crippen molar-refractivity contribution in [1.29, 1.82) is 0 Å². The van der Waals surface area contributed by atoms with E-state index in [0.717, 1.165) is 12.1 Å². The monoisotopic (exact) mass is 427 g/mol. The van der Waals surface area contributed by atoms with Crippen LogP contribution in [0, 0.1) is 17.5 Å². The van der Waals surface area contributed by atoms with Crippen molar-refractivity contribution in [2.24, 2.45) is 0 Å². The Balaban J connectivity index is 1.91. The molecule has 2 aromatic heterocycles. The van der Waals surface area contributed by atoms with Gasteiger partial charge >= 0.3 is 0 Å². The first-order valence-corrected chi connectivity index (χ1v) is 9.49. The maximum Gasteiger partial charge on any atom is 0.225 e. The minimum Gasteiger partial charge on any atom is -0.383 e. The first kappa shape index (κ1) is 20.6. The van der Waals surface area contributed by atoms with Gasteiger partial charge < -0.3 is 16.0 Å². The van der Waals surface area contributed by atoms with Crippen LogP contribution in [0.15, 0.2) is 42.5 Å². The average Bonchev–Trinajstić information content (AvgIpc) is 3.04. The molecule has 0 amide bonds. The lowest BCUT2D eigenvalue weighted by Crippen LogP contribution is -2.21. The van der Waals surface area contributed by atoms with Gasteiger partial charge in [-0.15, -0.1) is 5.10 Å². The van der Waals surface area contributed by atoms with Crippen molar-refractivity contribution < 1.29 is 13.2 Å². The second-order valence-electron chi connectivity index (χ2n) is 7.23. The molecular formula is C21H20F3N7. The van der Waals surface area contributed by atoms with Crippen molar-refractivity contribution in [2.75, 3.05) is 38.2 Å². The summed E-state index contributed by atoms with van der Waals surface area (Å²) in [6, 6.07) is 8.92. The topological polar surface area (TPSA) is 84.9 Å². The van der Waals surface area contributed by atoms with Crippen molar-refractivity contribution in [2.45, 2.75) is 0 Å². The Morgan fingerprint density at radius 3 is 2.52 bits per heavy atom. The number of nitrogens with two attached hydrogens (primary N) is 1. The van der Waals surface area contributed by atoms with Crippen LogP contribution < -0.4 is 11.1 Å². The Labute approximate surface area is 176 Å². The summed E-state index contributed by atoms with van der Waals surface area (Å²) < 4.78 is 43.1. The second-order valence-corrected chi connectivity index (χ2v) is 7.23. The molecule has 4 rings (SSSR count). The molecule has 2 aromatic carbocycles. The number of rotatable bonds is 6. The van der Waals surface area contributed by atoms with Crippen LogP contribution in [0.2, 0.25) is 0 Å². The molecule has 0 aliphatic heterocycles. The number of nitrogens with one attached hydrogen (secondary N) is 1. The van der Waals surface area contributed by atoms with Gasteiger partial charge in [0.05, 0.1) is 16.8 Å². The highest BCUT2D eigenvalue weighted by molar-refractivity contribution is 5.99. The Bertz CT molecular complexity index is 1250. The fraction of sp³-hybridized carbons (Fsp3) is 0.190. The van der Waals surface area contributed by atoms with Crippen LogP contribution in [0.3, 0.4) is 0 Å². The molecule has 0 spiro atoms. The number of benzene rings is 2. The minimum absolute atomic E-state index is 0.0509. The molecule has 160 valence electrons. The third kappa shape index (κ3) is 4.15. The van der Waals surface area contributed by atoms with Crippen LogP contribution in [0.4, 0.5) is 24.9 Å². The summed E-state index contributed by atoms with van der Waals surface area (Å²) in [5.74, 6) is -1.63. The van der Waals surface area contributed by atoms with Crippen molar-refractivity contribution in [3.05, 3.63) is 59.9 Å². The van der Waals surface area contributed by atoms with Crippen LogP contribution in [-0.4, -0.2) is 51.8 Å². The molecule has 0 aliphatic rings. The molecule has 31 heavy (non-hydrogen) atoms. The predicted molar refractivity (Wildman–Crippen MR) is 113 cm³/mol. The van der Waals surface area contributed by atoms with Crippen molar-refractivity contribution in [3.8, 4) is 16.9 Å². The maximum atomic E-state index is 14.6. The Morgan fingerprint density at radius 1 is 1.03 bits per heavy atom. The zero-order valence-corrected chi connectivity index (χ0v) is 16.9. The van der Waals surface area contributed by atoms with E-state index >= 15 is 0 Å². The summed E-state index contributed by atoms with van der Waals surface area (Å²) in [5.41, 5.74) is 7.09. The molecule has 0 atom stereocenters. The third-order valence-electron chi connectivity index (χ3n) is 4.65. The highest BCUT2D eigenvalue weighted by Crippen LogP contribution is 2.34. The van der Waals surface area contributed by atoms with Gasteiger partial charge in [0.2, 0.25) is 5.95 Å². The summed E-state index contributed by atoms with van der Waals surface area (Å²) >= 11 is 0. The number of aromatic nitrogens is 4. The van der Waals surface area contributed by atoms with Gasteiger partial charge in [0.25, 0.3) is 0 Å². The lowest BCUT2D eigenvalue weighted by atomic mass is 10.1. The number of likely N-dealkylation sites (N-methyl/N-ethyl adjacent to an activating group) is 1. The van der Waals surface area contributed by atoms with Crippen molar-refractivity contribution >= 4 is 22.8 Å². The van der Waals surface area contributed by atoms with Gasteiger partial charge in [-0.2, -0.15) is 4.98 Å². The number of halogens is 3. The van der Waals surface area contributed by atoms with Crippen LogP contribution in [0.5, 0.6) is 0 Å². The van der Waals surface area contributed by atoms with Gasteiger partial charge in [0.1, 0.15) is 23.3 Å². The third-order valence-corrected chi connectivity index (χ3v) is 4.65. The summed E-state index contributed by atoms with van der Waals surface area (Å²) in [6.07, 6.45) is 0. The summed E-state index contributed by atoms with van der Waals surface area (Å²) in [5, 5.41) is 7.75. The van der Waals surface area contributed by atoms with E-state index < -0.39 is 17.5 Å². The van der Waals surface area contributed by atoms with E-state index in [1.807, 2.05) is 19.0 Å². The molecule has 0 radical (unpaired) electrons. The number of hydrogen-bond acceptors (Lipinski definition) is 6. The van der Waals surface area contributed by atoms with E-state index in [1.165, 1.54) is 28.9 Å². The summed E-state index contributed by atoms with van der Waals surface area (Å²) in [7, 11) is 3.85. The van der Waals surface area contributed by atoms with Crippen LogP contribution >= 0.6 is 0 Å². The number of fused-ring (bicyclic) bond motifs is 1. The van der Waals surface area contributed by atoms with Gasteiger partial charge in [-0.25, -0.2) is 22.8 Å². The molecule has 0 saturated heterocycles. The van der Waals surface area contributed by atoms with E-state index in [2.05, 4.69) is 20.4 Å². The number of nitrogen functional groups attached to an aromatic ring is 1. The molecule has 10 heteroatoms. The normalized spacial score (nSPS) is 11.4. The average molecular weight is 427 g/mol. The fourth-order valence-corrected chi connectivity index (χ4v) is 3.16. The van der Waals surface area contributed by atoms with E-state index in [-0.39, 0.29) is 34.1 Å². The summed E-state index contributed by atoms with van der Waals surface area (Å²) in [4.78, 5) is 10.8. The number of nitrogens with zero attached hydrogens (tertiary/aromatic N) is 5. The van der Waals surface area contributed by atoms with E-state index in [4.69, 9.17) is 5.73 Å². The first-order valence-electron chi connectivity index (χ1n) is 9.49. The standard InChI is InChI=1S/C21H20F3N7/c1-30(2)9-8-26-21-27-18(15-7-6-13(23)11-16(15)24)17-19(25)31(29-20(17)28-21)14-5-3-4-12(22)10-14/h3-7,10-11H,8-9,25H2,1-2H3,(H,26,28,29). The molecule has 0 unspecified atom stereocenters. The maximum absolute atomic E-state index is 14.6. The zero-order valence-electron chi connectivity index (χ0n) is 16.9. The smallest absolute Gasteiger partial charge is 0.225 e. The van der Waals surface area contributed by atoms with Crippen LogP contribution in [0.1, 0.15) is 0 Å². The Hall–Kier alpha value is -3.66. The fourth-order valence-electron chi connectivity index (χ4n) is 3.16. The van der Waals surface area contributed by atoms with Gasteiger partial charge in [-0.1, -0.05) is 6.07 Å². The molecule has 7 nitrogen and oxygen atoms in total. The number of anilines is 2. The van der Waals surface area contributed by atoms with E-state index in [1.54, 1.807) is 6.07 Å². The van der Waals surface area contributed by atoms with Gasteiger partial charge in [-0.3, -0.25) is 0 Å².